The van der Waals surface area contributed by atoms with Crippen LogP contribution in [-0.2, 0) is 23.4 Å². The van der Waals surface area contributed by atoms with Crippen LogP contribution in [0.15, 0.2) is 12.7 Å². The first kappa shape index (κ1) is 54.1. The average Bonchev–Trinajstić information content (AvgIpc) is 3.45. The molecular weight excluding hydrogens is 719 g/mol. The van der Waals surface area contributed by atoms with Gasteiger partial charge in [0.15, 0.2) is 0 Å². The van der Waals surface area contributed by atoms with E-state index < -0.39 is 24.7 Å². The number of rotatable bonds is 8. The summed E-state index contributed by atoms with van der Waals surface area (Å²) in [6.07, 6.45) is 13.5. The Morgan fingerprint density at radius 3 is 1.61 bits per heavy atom. The molecule has 0 spiro atoms. The average molecular weight is 807 g/mol. The summed E-state index contributed by atoms with van der Waals surface area (Å²) in [6, 6.07) is 0. The van der Waals surface area contributed by atoms with Crippen LogP contribution in [0, 0.1) is 40.4 Å². The smallest absolute Gasteiger partial charge is 0.480 e. The van der Waals surface area contributed by atoms with Crippen molar-refractivity contribution in [3.8, 4) is 0 Å². The summed E-state index contributed by atoms with van der Waals surface area (Å²) >= 11 is 0. The minimum Gasteiger partial charge on any atom is -0.480 e. The molecule has 1 radical (unpaired) electrons. The second-order valence-electron chi connectivity index (χ2n) is 21.4. The van der Waals surface area contributed by atoms with Gasteiger partial charge in [-0.2, -0.15) is 0 Å². The molecule has 0 aromatic carbocycles. The molecule has 2 heterocycles. The van der Waals surface area contributed by atoms with E-state index in [-0.39, 0.29) is 55.6 Å². The molecule has 3 saturated carbocycles. The zero-order chi connectivity index (χ0) is 43.1. The fourth-order valence-corrected chi connectivity index (χ4v) is 8.44. The van der Waals surface area contributed by atoms with Crippen LogP contribution in [-0.4, -0.2) is 82.2 Å². The molecule has 5 aliphatic rings. The molecule has 0 bridgehead atoms. The van der Waals surface area contributed by atoms with E-state index in [1.807, 2.05) is 27.7 Å². The maximum Gasteiger partial charge on any atom is 0.488 e. The number of carboxylic acid groups (broad SMARTS) is 1. The summed E-state index contributed by atoms with van der Waals surface area (Å²) in [6.45, 7) is 34.9. The Labute approximate surface area is 351 Å². The molecule has 6 N–H and O–H groups in total. The van der Waals surface area contributed by atoms with Gasteiger partial charge >= 0.3 is 27.9 Å². The second-order valence-corrected chi connectivity index (χ2v) is 21.4. The normalized spacial score (nSPS) is 33.9. The summed E-state index contributed by atoms with van der Waals surface area (Å²) in [4.78, 5) is 11.0. The first-order valence-electron chi connectivity index (χ1n) is 21.6. The molecule has 2 aliphatic heterocycles. The molecule has 0 amide bonds. The number of allylic oxidation sites excluding steroid dienone is 1. The van der Waals surface area contributed by atoms with Gasteiger partial charge in [0.1, 0.15) is 5.54 Å². The van der Waals surface area contributed by atoms with Gasteiger partial charge in [-0.1, -0.05) is 74.3 Å². The summed E-state index contributed by atoms with van der Waals surface area (Å²) in [7, 11) is 0.0336. The highest BCUT2D eigenvalue weighted by molar-refractivity contribution is 6.45. The van der Waals surface area contributed by atoms with Gasteiger partial charge in [0, 0.05) is 0 Å². The summed E-state index contributed by atoms with van der Waals surface area (Å²) < 4.78 is 22.6. The van der Waals surface area contributed by atoms with Crippen LogP contribution < -0.4 is 5.73 Å². The van der Waals surface area contributed by atoms with E-state index in [2.05, 4.69) is 81.9 Å². The van der Waals surface area contributed by atoms with Crippen molar-refractivity contribution in [1.82, 2.24) is 0 Å². The van der Waals surface area contributed by atoms with Crippen molar-refractivity contribution in [2.45, 2.75) is 222 Å². The Bertz CT molecular complexity index is 1210. The summed E-state index contributed by atoms with van der Waals surface area (Å²) in [5.74, 6) is 2.19. The lowest BCUT2D eigenvalue weighted by molar-refractivity contribution is -0.151. The fraction of sp³-hybridized carbons (Fsp3) is 0.932. The van der Waals surface area contributed by atoms with Gasteiger partial charge in [0.25, 0.3) is 0 Å². The standard InChI is InChI=1S/C17H33BO2.C11H20.C9H18BNO5.C6H12BO2.CH4/c1-13-8-9-14(12-15(13,2)3)10-11-18-19-16(4,5)17(6,7)20-18;1-5-10-7-6-9(2)11(3,4)8-10;11-9(8(13)14)5-6(1-2-7(9)12)3-4-10(15)16;1-5(2)6(3,4)9-7-8-5;/h13-14H,8-12H2,1-7H3;5,9-10H,1,6-8H2,2-4H3;6-7,12,15-16H,1-5,11H2,(H,13,14);1-4H3;1H4/t13-,14-;9-,10+;6-,7-,9+;;/m000../s1. The van der Waals surface area contributed by atoms with Crippen LogP contribution in [0.4, 0.5) is 0 Å². The Morgan fingerprint density at radius 1 is 0.754 bits per heavy atom. The quantitative estimate of drug-likeness (QED) is 0.118. The maximum absolute atomic E-state index is 11.0. The molecule has 3 aliphatic carbocycles. The first-order chi connectivity index (χ1) is 25.4. The number of carboxylic acids is 1. The minimum atomic E-state index is -1.59. The van der Waals surface area contributed by atoms with Crippen molar-refractivity contribution in [3.05, 3.63) is 12.7 Å². The monoisotopic (exact) mass is 807 g/mol. The molecule has 0 aromatic rings. The highest BCUT2D eigenvalue weighted by Crippen LogP contribution is 2.46. The van der Waals surface area contributed by atoms with Crippen molar-refractivity contribution >= 4 is 27.9 Å². The molecule has 331 valence electrons. The number of hydrogen-bond donors (Lipinski definition) is 5. The lowest BCUT2D eigenvalue weighted by Crippen LogP contribution is -2.60. The largest absolute Gasteiger partial charge is 0.488 e. The number of aliphatic carboxylic acids is 1. The second kappa shape index (κ2) is 21.2. The van der Waals surface area contributed by atoms with Crippen molar-refractivity contribution in [3.63, 3.8) is 0 Å². The topological polar surface area (TPSA) is 161 Å². The molecule has 0 unspecified atom stereocenters. The first-order valence-corrected chi connectivity index (χ1v) is 21.6. The minimum absolute atomic E-state index is 0. The fourth-order valence-electron chi connectivity index (χ4n) is 8.44. The van der Waals surface area contributed by atoms with E-state index >= 15 is 0 Å². The Hall–Kier alpha value is -0.915. The lowest BCUT2D eigenvalue weighted by Gasteiger charge is -2.41. The number of carbonyl (C=O) groups is 1. The predicted molar refractivity (Wildman–Crippen MR) is 237 cm³/mol. The molecule has 13 heteroatoms. The van der Waals surface area contributed by atoms with Crippen molar-refractivity contribution in [2.75, 3.05) is 0 Å². The third-order valence-electron chi connectivity index (χ3n) is 15.1. The van der Waals surface area contributed by atoms with Crippen LogP contribution in [0.2, 0.25) is 12.6 Å². The van der Waals surface area contributed by atoms with Crippen molar-refractivity contribution in [1.29, 1.82) is 0 Å². The highest BCUT2D eigenvalue weighted by atomic mass is 16.7. The highest BCUT2D eigenvalue weighted by Gasteiger charge is 2.51. The summed E-state index contributed by atoms with van der Waals surface area (Å²) in [5, 5.41) is 36.0. The maximum atomic E-state index is 11.0. The lowest BCUT2D eigenvalue weighted by atomic mass is 9.63. The van der Waals surface area contributed by atoms with Crippen LogP contribution in [0.1, 0.15) is 175 Å². The van der Waals surface area contributed by atoms with Crippen LogP contribution in [0.5, 0.6) is 0 Å². The molecule has 5 fully saturated rings. The SMILES string of the molecule is C.C=C[C@@H]1CC[C@H](C)C(C)(C)C1.CC1(C)O[B]OC1(C)C.C[C@H]1CC[C@@H](CCB2OC(C)(C)C(C)(C)O2)CC1(C)C.N[C@]1(C(=O)O)C[C@H](CCB(O)O)CC[C@@H]1O. The molecule has 57 heavy (non-hydrogen) atoms. The number of nitrogens with two attached hydrogens (primary N) is 1. The van der Waals surface area contributed by atoms with Gasteiger partial charge in [-0.15, -0.1) is 6.58 Å². The van der Waals surface area contributed by atoms with E-state index in [9.17, 15) is 9.90 Å². The van der Waals surface area contributed by atoms with Gasteiger partial charge in [0.2, 0.25) is 0 Å². The van der Waals surface area contributed by atoms with Crippen molar-refractivity contribution in [2.24, 2.45) is 46.2 Å². The van der Waals surface area contributed by atoms with Gasteiger partial charge in [-0.3, -0.25) is 4.79 Å². The van der Waals surface area contributed by atoms with Gasteiger partial charge < -0.3 is 44.6 Å². The van der Waals surface area contributed by atoms with Gasteiger partial charge in [-0.05, 0) is 160 Å². The summed E-state index contributed by atoms with van der Waals surface area (Å²) in [5.41, 5.74) is 4.37. The molecule has 10 nitrogen and oxygen atoms in total. The molecular formula is C44H87B3NO9. The third-order valence-corrected chi connectivity index (χ3v) is 15.1. The number of aliphatic hydroxyl groups excluding tert-OH is 1. The zero-order valence-electron chi connectivity index (χ0n) is 38.1. The molecule has 0 aromatic heterocycles. The van der Waals surface area contributed by atoms with Crippen LogP contribution >= 0.6 is 0 Å². The Balaban J connectivity index is 0.000000395. The van der Waals surface area contributed by atoms with E-state index in [1.165, 1.54) is 52.6 Å². The van der Waals surface area contributed by atoms with Gasteiger partial charge in [-0.25, -0.2) is 0 Å². The van der Waals surface area contributed by atoms with E-state index in [1.54, 1.807) is 0 Å². The number of hydrogen-bond acceptors (Lipinski definition) is 9. The Kier molecular flexibility index (Phi) is 20.2. The third kappa shape index (κ3) is 15.2. The molecule has 7 atom stereocenters. The number of aliphatic hydroxyl groups is 1. The predicted octanol–water partition coefficient (Wildman–Crippen LogP) is 9.12. The molecule has 5 rings (SSSR count). The van der Waals surface area contributed by atoms with Crippen molar-refractivity contribution < 1.29 is 43.7 Å². The van der Waals surface area contributed by atoms with Gasteiger partial charge in [0.05, 0.1) is 28.5 Å². The van der Waals surface area contributed by atoms with Crippen LogP contribution in [0.25, 0.3) is 0 Å². The van der Waals surface area contributed by atoms with Crippen LogP contribution in [0.3, 0.4) is 0 Å². The van der Waals surface area contributed by atoms with E-state index in [0.29, 0.717) is 30.1 Å². The molecule has 2 saturated heterocycles. The van der Waals surface area contributed by atoms with E-state index in [4.69, 9.17) is 39.5 Å². The van der Waals surface area contributed by atoms with E-state index in [0.717, 1.165) is 30.0 Å². The Morgan fingerprint density at radius 2 is 1.21 bits per heavy atom. The zero-order valence-corrected chi connectivity index (χ0v) is 38.1.